The normalized spacial score (nSPS) is 18.4. The van der Waals surface area contributed by atoms with Crippen molar-refractivity contribution in [1.29, 1.82) is 0 Å². The lowest BCUT2D eigenvalue weighted by molar-refractivity contribution is 0.239. The predicted molar refractivity (Wildman–Crippen MR) is 115 cm³/mol. The minimum absolute atomic E-state index is 0.109. The molecule has 0 spiro atoms. The summed E-state index contributed by atoms with van der Waals surface area (Å²) in [7, 11) is 0. The van der Waals surface area contributed by atoms with Crippen molar-refractivity contribution < 1.29 is 4.52 Å². The van der Waals surface area contributed by atoms with Crippen LogP contribution in [-0.4, -0.2) is 51.2 Å². The second-order valence-electron chi connectivity index (χ2n) is 9.12. The van der Waals surface area contributed by atoms with Crippen molar-refractivity contribution in [3.05, 3.63) is 28.5 Å². The van der Waals surface area contributed by atoms with Gasteiger partial charge in [0.15, 0.2) is 5.82 Å². The van der Waals surface area contributed by atoms with Gasteiger partial charge in [-0.2, -0.15) is 4.98 Å². The lowest BCUT2D eigenvalue weighted by atomic mass is 9.97. The first-order valence-corrected chi connectivity index (χ1v) is 11.4. The zero-order chi connectivity index (χ0) is 20.0. The molecule has 4 heterocycles. The van der Waals surface area contributed by atoms with Crippen LogP contribution in [0.2, 0.25) is 0 Å². The third-order valence-corrected chi connectivity index (χ3v) is 7.08. The molecule has 1 fully saturated rings. The number of fused-ring (bicyclic) bond motifs is 3. The molecule has 0 N–H and O–H groups in total. The third-order valence-electron chi connectivity index (χ3n) is 5.88. The molecule has 0 aromatic carbocycles. The number of hydrogen-bond donors (Lipinski definition) is 0. The van der Waals surface area contributed by atoms with Gasteiger partial charge in [0, 0.05) is 36.5 Å². The minimum Gasteiger partial charge on any atom is -0.353 e. The molecule has 1 aliphatic heterocycles. The monoisotopic (exact) mass is 412 g/mol. The van der Waals surface area contributed by atoms with Crippen LogP contribution in [0.3, 0.4) is 0 Å². The lowest BCUT2D eigenvalue weighted by Crippen LogP contribution is -2.46. The van der Waals surface area contributed by atoms with Crippen LogP contribution in [0.25, 0.3) is 10.2 Å². The van der Waals surface area contributed by atoms with Gasteiger partial charge >= 0.3 is 0 Å². The average molecular weight is 413 g/mol. The van der Waals surface area contributed by atoms with Gasteiger partial charge in [0.25, 0.3) is 0 Å². The molecule has 5 rings (SSSR count). The molecule has 29 heavy (non-hydrogen) atoms. The highest BCUT2D eigenvalue weighted by Gasteiger charge is 2.26. The molecule has 7 nitrogen and oxygen atoms in total. The molecule has 2 aliphatic rings. The van der Waals surface area contributed by atoms with Gasteiger partial charge in [-0.15, -0.1) is 11.3 Å². The van der Waals surface area contributed by atoms with Crippen LogP contribution in [0, 0.1) is 0 Å². The van der Waals surface area contributed by atoms with Gasteiger partial charge < -0.3 is 9.42 Å². The largest absolute Gasteiger partial charge is 0.353 e. The summed E-state index contributed by atoms with van der Waals surface area (Å²) >= 11 is 1.87. The van der Waals surface area contributed by atoms with Crippen molar-refractivity contribution in [2.24, 2.45) is 0 Å². The van der Waals surface area contributed by atoms with Gasteiger partial charge in [-0.25, -0.2) is 9.97 Å². The molecule has 1 saturated heterocycles. The Labute approximate surface area is 175 Å². The Bertz CT molecular complexity index is 1010. The highest BCUT2D eigenvalue weighted by molar-refractivity contribution is 7.19. The third kappa shape index (κ3) is 3.64. The summed E-state index contributed by atoms with van der Waals surface area (Å²) in [5, 5.41) is 5.49. The molecule has 3 aromatic heterocycles. The fourth-order valence-corrected chi connectivity index (χ4v) is 5.48. The van der Waals surface area contributed by atoms with Crippen LogP contribution >= 0.6 is 11.3 Å². The Balaban J connectivity index is 1.30. The van der Waals surface area contributed by atoms with Crippen LogP contribution < -0.4 is 4.90 Å². The van der Waals surface area contributed by atoms with Crippen molar-refractivity contribution in [2.45, 2.75) is 58.4 Å². The highest BCUT2D eigenvalue weighted by atomic mass is 32.1. The second-order valence-corrected chi connectivity index (χ2v) is 10.2. The molecule has 0 amide bonds. The maximum atomic E-state index is 5.44. The quantitative estimate of drug-likeness (QED) is 0.651. The Morgan fingerprint density at radius 2 is 1.86 bits per heavy atom. The number of aromatic nitrogens is 4. The zero-order valence-electron chi connectivity index (χ0n) is 17.4. The molecule has 0 bridgehead atoms. The SMILES string of the molecule is CC(C)(C)c1nc(CN2CCN(c3ncnc4sc5c(c34)CCCC5)CC2)no1. The van der Waals surface area contributed by atoms with E-state index in [1.807, 2.05) is 11.3 Å². The van der Waals surface area contributed by atoms with Crippen LogP contribution in [0.1, 0.15) is 55.8 Å². The van der Waals surface area contributed by atoms with Crippen molar-refractivity contribution in [2.75, 3.05) is 31.1 Å². The number of rotatable bonds is 3. The second kappa shape index (κ2) is 7.32. The Hall–Kier alpha value is -2.06. The number of thiophene rings is 1. The molecule has 0 saturated carbocycles. The number of aryl methyl sites for hydroxylation is 2. The maximum Gasteiger partial charge on any atom is 0.232 e. The first kappa shape index (κ1) is 18.9. The Morgan fingerprint density at radius 3 is 2.62 bits per heavy atom. The van der Waals surface area contributed by atoms with Crippen LogP contribution in [0.5, 0.6) is 0 Å². The summed E-state index contributed by atoms with van der Waals surface area (Å²) in [5.74, 6) is 2.61. The first-order valence-electron chi connectivity index (χ1n) is 10.5. The van der Waals surface area contributed by atoms with Gasteiger partial charge in [0.05, 0.1) is 11.9 Å². The van der Waals surface area contributed by atoms with E-state index in [0.717, 1.165) is 49.2 Å². The molecular weight excluding hydrogens is 384 g/mol. The van der Waals surface area contributed by atoms with E-state index in [1.54, 1.807) is 6.33 Å². The number of nitrogens with zero attached hydrogens (tertiary/aromatic N) is 6. The summed E-state index contributed by atoms with van der Waals surface area (Å²) in [6, 6.07) is 0. The van der Waals surface area contributed by atoms with E-state index in [2.05, 4.69) is 45.7 Å². The molecular formula is C21H28N6OS. The van der Waals surface area contributed by atoms with Crippen molar-refractivity contribution in [1.82, 2.24) is 25.0 Å². The van der Waals surface area contributed by atoms with Gasteiger partial charge in [0.1, 0.15) is 17.0 Å². The summed E-state index contributed by atoms with van der Waals surface area (Å²) in [6.45, 7) is 10.9. The first-order chi connectivity index (χ1) is 14.0. The Kier molecular flexibility index (Phi) is 4.78. The van der Waals surface area contributed by atoms with Crippen LogP contribution in [0.15, 0.2) is 10.9 Å². The molecule has 3 aromatic rings. The summed E-state index contributed by atoms with van der Waals surface area (Å²) in [6.07, 6.45) is 6.68. The number of piperazine rings is 1. The topological polar surface area (TPSA) is 71.2 Å². The molecule has 0 unspecified atom stereocenters. The van der Waals surface area contributed by atoms with E-state index in [4.69, 9.17) is 9.51 Å². The fourth-order valence-electron chi connectivity index (χ4n) is 4.25. The van der Waals surface area contributed by atoms with Crippen molar-refractivity contribution in [3.63, 3.8) is 0 Å². The van der Waals surface area contributed by atoms with Crippen molar-refractivity contribution in [3.8, 4) is 0 Å². The molecule has 1 aliphatic carbocycles. The number of hydrogen-bond acceptors (Lipinski definition) is 8. The van der Waals surface area contributed by atoms with Gasteiger partial charge in [-0.1, -0.05) is 25.9 Å². The zero-order valence-corrected chi connectivity index (χ0v) is 18.3. The summed E-state index contributed by atoms with van der Waals surface area (Å²) in [4.78, 5) is 21.4. The highest BCUT2D eigenvalue weighted by Crippen LogP contribution is 2.39. The lowest BCUT2D eigenvalue weighted by Gasteiger charge is -2.35. The standard InChI is InChI=1S/C21H28N6OS/c1-21(2,3)20-24-16(25-28-20)12-26-8-10-27(11-9-26)18-17-14-6-4-5-7-15(14)29-19(17)23-13-22-18/h13H,4-12H2,1-3H3. The van der Waals surface area contributed by atoms with Crippen LogP contribution in [-0.2, 0) is 24.8 Å². The summed E-state index contributed by atoms with van der Waals surface area (Å²) in [5.41, 5.74) is 1.40. The Morgan fingerprint density at radius 1 is 1.07 bits per heavy atom. The van der Waals surface area contributed by atoms with E-state index in [-0.39, 0.29) is 5.41 Å². The van der Waals surface area contributed by atoms with Gasteiger partial charge in [-0.3, -0.25) is 4.90 Å². The van der Waals surface area contributed by atoms with E-state index in [0.29, 0.717) is 5.89 Å². The van der Waals surface area contributed by atoms with Crippen molar-refractivity contribution >= 4 is 27.4 Å². The van der Waals surface area contributed by atoms with Gasteiger partial charge in [-0.05, 0) is 31.2 Å². The maximum absolute atomic E-state index is 5.44. The fraction of sp³-hybridized carbons (Fsp3) is 0.619. The van der Waals surface area contributed by atoms with Crippen LogP contribution in [0.4, 0.5) is 5.82 Å². The molecule has 0 radical (unpaired) electrons. The smallest absolute Gasteiger partial charge is 0.232 e. The van der Waals surface area contributed by atoms with E-state index in [9.17, 15) is 0 Å². The molecule has 154 valence electrons. The molecule has 0 atom stereocenters. The van der Waals surface area contributed by atoms with E-state index >= 15 is 0 Å². The predicted octanol–water partition coefficient (Wildman–Crippen LogP) is 3.57. The van der Waals surface area contributed by atoms with E-state index < -0.39 is 0 Å². The summed E-state index contributed by atoms with van der Waals surface area (Å²) < 4.78 is 5.44. The minimum atomic E-state index is -0.109. The average Bonchev–Trinajstić information content (AvgIpc) is 3.33. The molecule has 8 heteroatoms. The van der Waals surface area contributed by atoms with Gasteiger partial charge in [0.2, 0.25) is 5.89 Å². The van der Waals surface area contributed by atoms with E-state index in [1.165, 1.54) is 41.5 Å². The number of anilines is 1.